The van der Waals surface area contributed by atoms with E-state index in [2.05, 4.69) is 60.4 Å². The summed E-state index contributed by atoms with van der Waals surface area (Å²) < 4.78 is 1.89. The van der Waals surface area contributed by atoms with E-state index in [9.17, 15) is 4.79 Å². The van der Waals surface area contributed by atoms with Gasteiger partial charge in [0.15, 0.2) is 0 Å². The number of nitrogens with zero attached hydrogens (tertiary/aromatic N) is 3. The summed E-state index contributed by atoms with van der Waals surface area (Å²) >= 11 is 0. The summed E-state index contributed by atoms with van der Waals surface area (Å²) in [4.78, 5) is 21.3. The van der Waals surface area contributed by atoms with Crippen LogP contribution in [0.4, 0.5) is 0 Å². The SMILES string of the molecule is Cc1ccccc1CN1CCc2nc(C)n(C(c3ccccc3)c3ccccc3)c(=O)c2C1. The molecule has 4 aromatic rings. The molecule has 3 aromatic carbocycles. The summed E-state index contributed by atoms with van der Waals surface area (Å²) in [5.41, 5.74) is 6.63. The number of hydrogen-bond acceptors (Lipinski definition) is 3. The van der Waals surface area contributed by atoms with Gasteiger partial charge < -0.3 is 0 Å². The van der Waals surface area contributed by atoms with Crippen LogP contribution >= 0.6 is 0 Å². The minimum absolute atomic E-state index is 0.0738. The van der Waals surface area contributed by atoms with Gasteiger partial charge in [-0.15, -0.1) is 0 Å². The molecule has 0 saturated carbocycles. The Morgan fingerprint density at radius 3 is 2.09 bits per heavy atom. The van der Waals surface area contributed by atoms with Crippen molar-refractivity contribution in [3.8, 4) is 0 Å². The van der Waals surface area contributed by atoms with Gasteiger partial charge in [-0.3, -0.25) is 14.3 Å². The van der Waals surface area contributed by atoms with E-state index in [0.717, 1.165) is 47.7 Å². The normalized spacial score (nSPS) is 13.8. The molecule has 0 N–H and O–H groups in total. The van der Waals surface area contributed by atoms with Gasteiger partial charge in [0, 0.05) is 26.1 Å². The van der Waals surface area contributed by atoms with Crippen molar-refractivity contribution >= 4 is 0 Å². The maximum absolute atomic E-state index is 14.0. The molecule has 4 heteroatoms. The molecule has 0 amide bonds. The Labute approximate surface area is 195 Å². The second-order valence-electron chi connectivity index (χ2n) is 8.87. The fraction of sp³-hybridized carbons (Fsp3) is 0.241. The summed E-state index contributed by atoms with van der Waals surface area (Å²) in [6.45, 7) is 6.50. The highest BCUT2D eigenvalue weighted by Gasteiger charge is 2.27. The van der Waals surface area contributed by atoms with Crippen LogP contribution in [0.2, 0.25) is 0 Å². The van der Waals surface area contributed by atoms with Crippen molar-refractivity contribution in [2.45, 2.75) is 39.4 Å². The first-order valence-corrected chi connectivity index (χ1v) is 11.6. The van der Waals surface area contributed by atoms with Crippen LogP contribution in [0.1, 0.15) is 45.4 Å². The average molecular weight is 436 g/mol. The van der Waals surface area contributed by atoms with Gasteiger partial charge >= 0.3 is 0 Å². The van der Waals surface area contributed by atoms with Gasteiger partial charge in [0.25, 0.3) is 5.56 Å². The van der Waals surface area contributed by atoms with E-state index < -0.39 is 0 Å². The quantitative estimate of drug-likeness (QED) is 0.440. The van der Waals surface area contributed by atoms with Crippen LogP contribution in [0.3, 0.4) is 0 Å². The van der Waals surface area contributed by atoms with Crippen molar-refractivity contribution < 1.29 is 0 Å². The monoisotopic (exact) mass is 435 g/mol. The molecular weight excluding hydrogens is 406 g/mol. The molecule has 1 aromatic heterocycles. The van der Waals surface area contributed by atoms with E-state index in [4.69, 9.17) is 4.98 Å². The third kappa shape index (κ3) is 4.27. The lowest BCUT2D eigenvalue weighted by Crippen LogP contribution is -2.40. The molecule has 2 heterocycles. The summed E-state index contributed by atoms with van der Waals surface area (Å²) in [6.07, 6.45) is 0.805. The number of aryl methyl sites for hydroxylation is 2. The molecule has 0 fully saturated rings. The third-order valence-electron chi connectivity index (χ3n) is 6.66. The standard InChI is InChI=1S/C29H29N3O/c1-21-11-9-10-16-25(21)19-31-18-17-27-26(20-31)29(33)32(22(2)30-27)28(23-12-5-3-6-13-23)24-14-7-4-8-15-24/h3-16,28H,17-20H2,1-2H3. The maximum atomic E-state index is 14.0. The smallest absolute Gasteiger partial charge is 0.259 e. The highest BCUT2D eigenvalue weighted by molar-refractivity contribution is 5.35. The van der Waals surface area contributed by atoms with E-state index in [1.165, 1.54) is 11.1 Å². The van der Waals surface area contributed by atoms with Crippen LogP contribution in [-0.4, -0.2) is 21.0 Å². The van der Waals surface area contributed by atoms with Gasteiger partial charge in [-0.1, -0.05) is 84.9 Å². The fourth-order valence-electron chi connectivity index (χ4n) is 4.89. The van der Waals surface area contributed by atoms with E-state index in [-0.39, 0.29) is 11.6 Å². The van der Waals surface area contributed by atoms with Crippen molar-refractivity contribution in [1.29, 1.82) is 0 Å². The van der Waals surface area contributed by atoms with Crippen LogP contribution in [0.15, 0.2) is 89.7 Å². The maximum Gasteiger partial charge on any atom is 0.259 e. The average Bonchev–Trinajstić information content (AvgIpc) is 2.85. The van der Waals surface area contributed by atoms with Gasteiger partial charge in [-0.05, 0) is 36.1 Å². The van der Waals surface area contributed by atoms with Gasteiger partial charge in [0.2, 0.25) is 0 Å². The zero-order valence-electron chi connectivity index (χ0n) is 19.2. The highest BCUT2D eigenvalue weighted by Crippen LogP contribution is 2.27. The summed E-state index contributed by atoms with van der Waals surface area (Å²) in [7, 11) is 0. The minimum Gasteiger partial charge on any atom is -0.294 e. The van der Waals surface area contributed by atoms with Crippen molar-refractivity contribution in [2.24, 2.45) is 0 Å². The van der Waals surface area contributed by atoms with E-state index in [1.54, 1.807) is 0 Å². The molecule has 1 aliphatic rings. The molecule has 4 nitrogen and oxygen atoms in total. The number of hydrogen-bond donors (Lipinski definition) is 0. The van der Waals surface area contributed by atoms with Crippen LogP contribution in [-0.2, 0) is 19.5 Å². The van der Waals surface area contributed by atoms with E-state index >= 15 is 0 Å². The molecule has 33 heavy (non-hydrogen) atoms. The van der Waals surface area contributed by atoms with Gasteiger partial charge in [-0.25, -0.2) is 4.98 Å². The van der Waals surface area contributed by atoms with E-state index in [0.29, 0.717) is 6.54 Å². The second-order valence-corrected chi connectivity index (χ2v) is 8.87. The molecule has 166 valence electrons. The van der Waals surface area contributed by atoms with Crippen molar-refractivity contribution in [1.82, 2.24) is 14.5 Å². The molecule has 0 saturated heterocycles. The Bertz CT molecular complexity index is 1270. The first kappa shape index (κ1) is 21.4. The lowest BCUT2D eigenvalue weighted by Gasteiger charge is -2.30. The number of aromatic nitrogens is 2. The van der Waals surface area contributed by atoms with Crippen LogP contribution < -0.4 is 5.56 Å². The zero-order valence-corrected chi connectivity index (χ0v) is 19.2. The molecule has 0 spiro atoms. The molecule has 1 aliphatic heterocycles. The summed E-state index contributed by atoms with van der Waals surface area (Å²) in [5, 5.41) is 0. The molecule has 0 atom stereocenters. The lowest BCUT2D eigenvalue weighted by molar-refractivity contribution is 0.239. The Balaban J connectivity index is 1.57. The lowest BCUT2D eigenvalue weighted by atomic mass is 9.97. The van der Waals surface area contributed by atoms with E-state index in [1.807, 2.05) is 47.9 Å². The molecule has 0 radical (unpaired) electrons. The van der Waals surface area contributed by atoms with Gasteiger partial charge in [-0.2, -0.15) is 0 Å². The Morgan fingerprint density at radius 1 is 0.848 bits per heavy atom. The zero-order chi connectivity index (χ0) is 22.8. The van der Waals surface area contributed by atoms with Crippen molar-refractivity contribution in [3.63, 3.8) is 0 Å². The topological polar surface area (TPSA) is 38.1 Å². The predicted octanol–water partition coefficient (Wildman–Crippen LogP) is 5.06. The largest absolute Gasteiger partial charge is 0.294 e. The first-order valence-electron chi connectivity index (χ1n) is 11.6. The van der Waals surface area contributed by atoms with Gasteiger partial charge in [0.05, 0.1) is 17.3 Å². The number of rotatable bonds is 5. The Kier molecular flexibility index (Phi) is 5.93. The molecule has 5 rings (SSSR count). The van der Waals surface area contributed by atoms with Crippen molar-refractivity contribution in [3.05, 3.63) is 135 Å². The first-order chi connectivity index (χ1) is 16.1. The molecule has 0 bridgehead atoms. The molecule has 0 unspecified atom stereocenters. The van der Waals surface area contributed by atoms with Crippen LogP contribution in [0.5, 0.6) is 0 Å². The third-order valence-corrected chi connectivity index (χ3v) is 6.66. The number of fused-ring (bicyclic) bond motifs is 1. The fourth-order valence-corrected chi connectivity index (χ4v) is 4.89. The van der Waals surface area contributed by atoms with Crippen molar-refractivity contribution in [2.75, 3.05) is 6.54 Å². The van der Waals surface area contributed by atoms with Crippen LogP contribution in [0, 0.1) is 13.8 Å². The summed E-state index contributed by atoms with van der Waals surface area (Å²) in [6, 6.07) is 28.8. The highest BCUT2D eigenvalue weighted by atomic mass is 16.1. The Hall–Kier alpha value is -3.50. The second kappa shape index (κ2) is 9.16. The minimum atomic E-state index is -0.204. The Morgan fingerprint density at radius 2 is 1.45 bits per heavy atom. The van der Waals surface area contributed by atoms with Gasteiger partial charge in [0.1, 0.15) is 5.82 Å². The molecular formula is C29H29N3O. The predicted molar refractivity (Wildman–Crippen MR) is 132 cm³/mol. The number of benzene rings is 3. The summed E-state index contributed by atoms with van der Waals surface area (Å²) in [5.74, 6) is 0.767. The molecule has 0 aliphatic carbocycles. The van der Waals surface area contributed by atoms with Crippen LogP contribution in [0.25, 0.3) is 0 Å².